The monoisotopic (exact) mass is 268 g/mol. The number of hydrogen-bond donors (Lipinski definition) is 1. The molecule has 0 atom stereocenters. The molecule has 0 radical (unpaired) electrons. The molecule has 1 saturated carbocycles. The van der Waals surface area contributed by atoms with Crippen LogP contribution in [0.3, 0.4) is 0 Å². The normalized spacial score (nSPS) is 29.8. The molecule has 1 saturated heterocycles. The molecule has 5 heteroatoms. The van der Waals surface area contributed by atoms with Crippen molar-refractivity contribution < 1.29 is 4.79 Å². The lowest BCUT2D eigenvalue weighted by Gasteiger charge is -2.36. The maximum absolute atomic E-state index is 12.3. The van der Waals surface area contributed by atoms with E-state index in [0.717, 1.165) is 51.9 Å². The Hall–Kier alpha value is -0.650. The minimum absolute atomic E-state index is 0.283. The highest BCUT2D eigenvalue weighted by Crippen LogP contribution is 2.21. The van der Waals surface area contributed by atoms with E-state index in [9.17, 15) is 4.79 Å². The van der Waals surface area contributed by atoms with E-state index in [1.54, 1.807) is 0 Å². The van der Waals surface area contributed by atoms with Gasteiger partial charge in [-0.05, 0) is 39.8 Å². The molecule has 2 N–H and O–H groups in total. The number of nitrogens with zero attached hydrogens (tertiary/aromatic N) is 3. The highest BCUT2D eigenvalue weighted by Gasteiger charge is 2.25. The van der Waals surface area contributed by atoms with E-state index in [4.69, 9.17) is 5.73 Å². The number of amides is 1. The van der Waals surface area contributed by atoms with Gasteiger partial charge in [-0.1, -0.05) is 0 Å². The van der Waals surface area contributed by atoms with Crippen LogP contribution in [0.5, 0.6) is 0 Å². The zero-order chi connectivity index (χ0) is 13.8. The van der Waals surface area contributed by atoms with Gasteiger partial charge in [-0.25, -0.2) is 0 Å². The smallest absolute Gasteiger partial charge is 0.236 e. The summed E-state index contributed by atoms with van der Waals surface area (Å²) in [7, 11) is 4.19. The number of carbonyl (C=O) groups is 1. The topological polar surface area (TPSA) is 52.8 Å². The molecular weight excluding hydrogens is 240 g/mol. The van der Waals surface area contributed by atoms with Crippen molar-refractivity contribution in [2.24, 2.45) is 5.73 Å². The summed E-state index contributed by atoms with van der Waals surface area (Å²) in [6.07, 6.45) is 4.46. The average molecular weight is 268 g/mol. The minimum Gasteiger partial charge on any atom is -0.339 e. The number of hydrogen-bond acceptors (Lipinski definition) is 4. The summed E-state index contributed by atoms with van der Waals surface area (Å²) in [5.74, 6) is 0.283. The van der Waals surface area contributed by atoms with Crippen molar-refractivity contribution in [3.63, 3.8) is 0 Å². The molecule has 110 valence electrons. The molecule has 2 rings (SSSR count). The van der Waals surface area contributed by atoms with Crippen LogP contribution in [0.1, 0.15) is 25.7 Å². The van der Waals surface area contributed by atoms with Crippen LogP contribution in [0, 0.1) is 0 Å². The Morgan fingerprint density at radius 1 is 1.16 bits per heavy atom. The van der Waals surface area contributed by atoms with Crippen molar-refractivity contribution in [2.45, 2.75) is 37.8 Å². The Labute approximate surface area is 116 Å². The summed E-state index contributed by atoms with van der Waals surface area (Å²) in [6.45, 7) is 4.29. The van der Waals surface area contributed by atoms with Crippen LogP contribution in [0.25, 0.3) is 0 Å². The maximum atomic E-state index is 12.3. The molecule has 19 heavy (non-hydrogen) atoms. The van der Waals surface area contributed by atoms with Gasteiger partial charge in [0.2, 0.25) is 5.91 Å². The first-order valence-corrected chi connectivity index (χ1v) is 7.48. The highest BCUT2D eigenvalue weighted by molar-refractivity contribution is 5.78. The van der Waals surface area contributed by atoms with E-state index < -0.39 is 0 Å². The van der Waals surface area contributed by atoms with Crippen LogP contribution in [-0.2, 0) is 4.79 Å². The first-order chi connectivity index (χ1) is 9.06. The summed E-state index contributed by atoms with van der Waals surface area (Å²) in [4.78, 5) is 18.8. The van der Waals surface area contributed by atoms with Gasteiger partial charge in [0.25, 0.3) is 0 Å². The second-order valence-corrected chi connectivity index (χ2v) is 6.17. The molecule has 0 aromatic heterocycles. The van der Waals surface area contributed by atoms with E-state index >= 15 is 0 Å². The lowest BCUT2D eigenvalue weighted by Crippen LogP contribution is -2.51. The van der Waals surface area contributed by atoms with Crippen LogP contribution >= 0.6 is 0 Å². The predicted molar refractivity (Wildman–Crippen MR) is 76.9 cm³/mol. The lowest BCUT2D eigenvalue weighted by atomic mass is 9.91. The molecule has 1 aliphatic carbocycles. The number of carbonyl (C=O) groups excluding carboxylic acids is 1. The Kier molecular flexibility index (Phi) is 5.19. The van der Waals surface area contributed by atoms with E-state index in [1.807, 2.05) is 4.90 Å². The van der Waals surface area contributed by atoms with Crippen LogP contribution in [0.15, 0.2) is 0 Å². The largest absolute Gasteiger partial charge is 0.339 e. The van der Waals surface area contributed by atoms with Crippen LogP contribution in [0.2, 0.25) is 0 Å². The molecular formula is C14H28N4O. The number of nitrogens with two attached hydrogens (primary N) is 1. The quantitative estimate of drug-likeness (QED) is 0.780. The Balaban J connectivity index is 1.75. The van der Waals surface area contributed by atoms with Gasteiger partial charge in [-0.15, -0.1) is 0 Å². The zero-order valence-corrected chi connectivity index (χ0v) is 12.3. The van der Waals surface area contributed by atoms with Gasteiger partial charge < -0.3 is 15.5 Å². The van der Waals surface area contributed by atoms with Crippen LogP contribution in [-0.4, -0.2) is 79.5 Å². The summed E-state index contributed by atoms with van der Waals surface area (Å²) < 4.78 is 0. The first-order valence-electron chi connectivity index (χ1n) is 7.48. The van der Waals surface area contributed by atoms with Gasteiger partial charge >= 0.3 is 0 Å². The van der Waals surface area contributed by atoms with Gasteiger partial charge in [0.05, 0.1) is 6.54 Å². The molecule has 1 heterocycles. The third-order valence-corrected chi connectivity index (χ3v) is 4.61. The van der Waals surface area contributed by atoms with Crippen LogP contribution < -0.4 is 5.73 Å². The van der Waals surface area contributed by atoms with Gasteiger partial charge in [0, 0.05) is 38.3 Å². The predicted octanol–water partition coefficient (Wildman–Crippen LogP) is -0.0379. The standard InChI is InChI=1S/C14H28N4O/c1-16-7-9-18(10-8-16)14(19)11-17(2)13-5-3-12(15)4-6-13/h12-13H,3-11,15H2,1-2H3. The SMILES string of the molecule is CN1CCN(C(=O)CN(C)C2CCC(N)CC2)CC1. The van der Waals surface area contributed by atoms with Gasteiger partial charge in [0.1, 0.15) is 0 Å². The van der Waals surface area contributed by atoms with Crippen molar-refractivity contribution in [3.8, 4) is 0 Å². The van der Waals surface area contributed by atoms with Gasteiger partial charge in [-0.3, -0.25) is 9.69 Å². The second kappa shape index (κ2) is 6.68. The van der Waals surface area contributed by atoms with E-state index in [0.29, 0.717) is 18.6 Å². The molecule has 2 fully saturated rings. The van der Waals surface area contributed by atoms with E-state index in [-0.39, 0.29) is 5.91 Å². The first kappa shape index (κ1) is 14.8. The molecule has 1 aliphatic heterocycles. The summed E-state index contributed by atoms with van der Waals surface area (Å²) in [5.41, 5.74) is 5.93. The van der Waals surface area contributed by atoms with Gasteiger partial charge in [-0.2, -0.15) is 0 Å². The average Bonchev–Trinajstić information content (AvgIpc) is 2.40. The number of likely N-dealkylation sites (N-methyl/N-ethyl adjacent to an activating group) is 2. The number of piperazine rings is 1. The fraction of sp³-hybridized carbons (Fsp3) is 0.929. The van der Waals surface area contributed by atoms with Crippen molar-refractivity contribution >= 4 is 5.91 Å². The summed E-state index contributed by atoms with van der Waals surface area (Å²) in [6, 6.07) is 0.911. The van der Waals surface area contributed by atoms with Crippen molar-refractivity contribution in [1.29, 1.82) is 0 Å². The molecule has 0 aromatic rings. The van der Waals surface area contributed by atoms with Gasteiger partial charge in [0.15, 0.2) is 0 Å². The van der Waals surface area contributed by atoms with Crippen molar-refractivity contribution in [1.82, 2.24) is 14.7 Å². The minimum atomic E-state index is 0.283. The molecule has 0 bridgehead atoms. The zero-order valence-electron chi connectivity index (χ0n) is 12.3. The lowest BCUT2D eigenvalue weighted by molar-refractivity contribution is -0.134. The fourth-order valence-electron chi connectivity index (χ4n) is 3.04. The van der Waals surface area contributed by atoms with E-state index in [1.165, 1.54) is 0 Å². The highest BCUT2D eigenvalue weighted by atomic mass is 16.2. The molecule has 0 aromatic carbocycles. The summed E-state index contributed by atoms with van der Waals surface area (Å²) in [5, 5.41) is 0. The Bertz CT molecular complexity index is 294. The van der Waals surface area contributed by atoms with E-state index in [2.05, 4.69) is 23.9 Å². The van der Waals surface area contributed by atoms with Crippen LogP contribution in [0.4, 0.5) is 0 Å². The third-order valence-electron chi connectivity index (χ3n) is 4.61. The molecule has 0 unspecified atom stereocenters. The maximum Gasteiger partial charge on any atom is 0.236 e. The van der Waals surface area contributed by atoms with Crippen molar-refractivity contribution in [3.05, 3.63) is 0 Å². The molecule has 5 nitrogen and oxygen atoms in total. The molecule has 0 spiro atoms. The van der Waals surface area contributed by atoms with Crippen molar-refractivity contribution in [2.75, 3.05) is 46.8 Å². The fourth-order valence-corrected chi connectivity index (χ4v) is 3.04. The second-order valence-electron chi connectivity index (χ2n) is 6.17. The number of rotatable bonds is 3. The Morgan fingerprint density at radius 3 is 2.32 bits per heavy atom. The molecule has 2 aliphatic rings. The Morgan fingerprint density at radius 2 is 1.74 bits per heavy atom. The molecule has 1 amide bonds. The summed E-state index contributed by atoms with van der Waals surface area (Å²) >= 11 is 0. The third kappa shape index (κ3) is 4.16.